The van der Waals surface area contributed by atoms with E-state index in [1.54, 1.807) is 6.92 Å². The molecule has 1 atom stereocenters. The summed E-state index contributed by atoms with van der Waals surface area (Å²) in [4.78, 5) is 24.0. The van der Waals surface area contributed by atoms with Gasteiger partial charge in [-0.2, -0.15) is 0 Å². The highest BCUT2D eigenvalue weighted by Crippen LogP contribution is 2.05. The average Bonchev–Trinajstić information content (AvgIpc) is 2.37. The van der Waals surface area contributed by atoms with E-state index in [4.69, 9.17) is 4.74 Å². The molecule has 0 heterocycles. The maximum Gasteiger partial charge on any atom is 0.328 e. The first-order valence-corrected chi connectivity index (χ1v) is 7.12. The Labute approximate surface area is 126 Å². The van der Waals surface area contributed by atoms with Crippen LogP contribution in [-0.4, -0.2) is 56.7 Å². The lowest BCUT2D eigenvalue weighted by Gasteiger charge is -2.24. The van der Waals surface area contributed by atoms with Gasteiger partial charge in [-0.05, 0) is 12.5 Å². The Morgan fingerprint density at radius 3 is 2.33 bits per heavy atom. The summed E-state index contributed by atoms with van der Waals surface area (Å²) in [6.07, 6.45) is 0.433. The number of rotatable bonds is 7. The molecule has 0 aliphatic rings. The van der Waals surface area contributed by atoms with Crippen LogP contribution in [0.15, 0.2) is 30.3 Å². The summed E-state index contributed by atoms with van der Waals surface area (Å²) in [7, 11) is 5.78. The average molecular weight is 293 g/mol. The topological polar surface area (TPSA) is 55.4 Å². The molecule has 0 saturated carbocycles. The number of ether oxygens (including phenoxy) is 1. The van der Waals surface area contributed by atoms with Crippen molar-refractivity contribution in [1.82, 2.24) is 5.32 Å². The van der Waals surface area contributed by atoms with Crippen molar-refractivity contribution in [3.05, 3.63) is 35.9 Å². The summed E-state index contributed by atoms with van der Waals surface area (Å²) >= 11 is 0. The fourth-order valence-corrected chi connectivity index (χ4v) is 1.96. The molecule has 0 aromatic heterocycles. The van der Waals surface area contributed by atoms with E-state index in [1.165, 1.54) is 0 Å². The van der Waals surface area contributed by atoms with Crippen LogP contribution in [0.5, 0.6) is 0 Å². The fourth-order valence-electron chi connectivity index (χ4n) is 1.96. The maximum atomic E-state index is 12.0. The van der Waals surface area contributed by atoms with Crippen LogP contribution in [0.4, 0.5) is 0 Å². The Morgan fingerprint density at radius 1 is 1.19 bits per heavy atom. The van der Waals surface area contributed by atoms with Gasteiger partial charge >= 0.3 is 5.97 Å². The summed E-state index contributed by atoms with van der Waals surface area (Å²) < 4.78 is 5.56. The fraction of sp³-hybridized carbons (Fsp3) is 0.500. The van der Waals surface area contributed by atoms with Gasteiger partial charge in [0.25, 0.3) is 5.91 Å². The zero-order valence-corrected chi connectivity index (χ0v) is 13.3. The molecule has 0 aliphatic carbocycles. The second-order valence-corrected chi connectivity index (χ2v) is 6.01. The minimum Gasteiger partial charge on any atom is -0.464 e. The lowest BCUT2D eigenvalue weighted by Crippen LogP contribution is -2.50. The summed E-state index contributed by atoms with van der Waals surface area (Å²) in [5.74, 6) is -0.549. The van der Waals surface area contributed by atoms with E-state index >= 15 is 0 Å². The number of carbonyl (C=O) groups excluding carboxylic acids is 2. The van der Waals surface area contributed by atoms with Gasteiger partial charge < -0.3 is 14.5 Å². The van der Waals surface area contributed by atoms with Gasteiger partial charge in [-0.3, -0.25) is 4.79 Å². The molecule has 0 bridgehead atoms. The molecule has 0 spiro atoms. The van der Waals surface area contributed by atoms with Gasteiger partial charge in [-0.15, -0.1) is 0 Å². The zero-order chi connectivity index (χ0) is 15.9. The van der Waals surface area contributed by atoms with Gasteiger partial charge in [-0.25, -0.2) is 4.79 Å². The van der Waals surface area contributed by atoms with Crippen molar-refractivity contribution in [2.45, 2.75) is 19.4 Å². The summed E-state index contributed by atoms with van der Waals surface area (Å²) in [5.41, 5.74) is 0.987. The molecule has 1 aromatic carbocycles. The smallest absolute Gasteiger partial charge is 0.328 e. The highest BCUT2D eigenvalue weighted by molar-refractivity contribution is 5.85. The third-order valence-corrected chi connectivity index (χ3v) is 2.81. The Morgan fingerprint density at radius 2 is 1.81 bits per heavy atom. The molecule has 1 amide bonds. The largest absolute Gasteiger partial charge is 0.464 e. The van der Waals surface area contributed by atoms with E-state index < -0.39 is 12.0 Å². The molecule has 1 aromatic rings. The number of likely N-dealkylation sites (N-methyl/N-ethyl adjacent to an activating group) is 1. The number of nitrogens with one attached hydrogen (secondary N) is 1. The molecule has 0 unspecified atom stereocenters. The standard InChI is InChI=1S/C16H24N2O3/c1-5-21-16(20)14(11-13-9-7-6-8-10-13)17-15(19)12-18(2,3)4/h6-10,14H,5,11-12H2,1-4H3/p+1/t14-/m0/s1. The number of nitrogens with zero attached hydrogens (tertiary/aromatic N) is 1. The highest BCUT2D eigenvalue weighted by Gasteiger charge is 2.24. The Balaban J connectivity index is 2.73. The minimum absolute atomic E-state index is 0.156. The van der Waals surface area contributed by atoms with Gasteiger partial charge in [0.1, 0.15) is 6.04 Å². The molecule has 116 valence electrons. The Bertz CT molecular complexity index is 466. The first-order valence-electron chi connectivity index (χ1n) is 7.12. The monoisotopic (exact) mass is 293 g/mol. The van der Waals surface area contributed by atoms with E-state index in [0.29, 0.717) is 24.1 Å². The van der Waals surface area contributed by atoms with Crippen molar-refractivity contribution in [2.24, 2.45) is 0 Å². The van der Waals surface area contributed by atoms with Crippen LogP contribution in [-0.2, 0) is 20.7 Å². The van der Waals surface area contributed by atoms with Gasteiger partial charge in [0.2, 0.25) is 0 Å². The van der Waals surface area contributed by atoms with Gasteiger partial charge in [-0.1, -0.05) is 30.3 Å². The lowest BCUT2D eigenvalue weighted by molar-refractivity contribution is -0.862. The molecule has 5 nitrogen and oxygen atoms in total. The molecule has 21 heavy (non-hydrogen) atoms. The third kappa shape index (κ3) is 6.90. The quantitative estimate of drug-likeness (QED) is 0.602. The Hall–Kier alpha value is -1.88. The molecular formula is C16H25N2O3+. The predicted octanol–water partition coefficient (Wildman–Crippen LogP) is 0.983. The predicted molar refractivity (Wildman–Crippen MR) is 81.6 cm³/mol. The number of esters is 1. The highest BCUT2D eigenvalue weighted by atomic mass is 16.5. The second-order valence-electron chi connectivity index (χ2n) is 6.01. The van der Waals surface area contributed by atoms with Crippen LogP contribution < -0.4 is 5.32 Å². The number of benzene rings is 1. The normalized spacial score (nSPS) is 12.6. The zero-order valence-electron chi connectivity index (χ0n) is 13.3. The van der Waals surface area contributed by atoms with Gasteiger partial charge in [0.05, 0.1) is 27.7 Å². The van der Waals surface area contributed by atoms with Gasteiger partial charge in [0.15, 0.2) is 6.54 Å². The van der Waals surface area contributed by atoms with Crippen molar-refractivity contribution in [2.75, 3.05) is 34.3 Å². The van der Waals surface area contributed by atoms with E-state index in [-0.39, 0.29) is 5.91 Å². The SMILES string of the molecule is CCOC(=O)[C@H](Cc1ccccc1)NC(=O)C[N+](C)(C)C. The molecule has 1 rings (SSSR count). The third-order valence-electron chi connectivity index (χ3n) is 2.81. The number of hydrogen-bond donors (Lipinski definition) is 1. The van der Waals surface area contributed by atoms with Crippen LogP contribution in [0.3, 0.4) is 0 Å². The van der Waals surface area contributed by atoms with Crippen LogP contribution >= 0.6 is 0 Å². The molecule has 5 heteroatoms. The van der Waals surface area contributed by atoms with Crippen LogP contribution in [0, 0.1) is 0 Å². The van der Waals surface area contributed by atoms with Crippen molar-refractivity contribution in [1.29, 1.82) is 0 Å². The van der Waals surface area contributed by atoms with E-state index in [2.05, 4.69) is 5.32 Å². The molecule has 0 aliphatic heterocycles. The Kier molecular flexibility index (Phi) is 6.37. The number of carbonyl (C=O) groups is 2. The van der Waals surface area contributed by atoms with E-state index in [9.17, 15) is 9.59 Å². The van der Waals surface area contributed by atoms with E-state index in [0.717, 1.165) is 5.56 Å². The van der Waals surface area contributed by atoms with Crippen molar-refractivity contribution in [3.8, 4) is 0 Å². The lowest BCUT2D eigenvalue weighted by atomic mass is 10.1. The maximum absolute atomic E-state index is 12.0. The minimum atomic E-state index is -0.647. The molecule has 0 fully saturated rings. The first-order chi connectivity index (χ1) is 9.81. The van der Waals surface area contributed by atoms with Gasteiger partial charge in [0, 0.05) is 6.42 Å². The van der Waals surface area contributed by atoms with Crippen LogP contribution in [0.25, 0.3) is 0 Å². The number of amides is 1. The van der Waals surface area contributed by atoms with Crippen LogP contribution in [0.1, 0.15) is 12.5 Å². The molecular weight excluding hydrogens is 268 g/mol. The number of hydrogen-bond acceptors (Lipinski definition) is 3. The molecule has 0 saturated heterocycles. The van der Waals surface area contributed by atoms with Crippen molar-refractivity contribution >= 4 is 11.9 Å². The van der Waals surface area contributed by atoms with Crippen LogP contribution in [0.2, 0.25) is 0 Å². The first kappa shape index (κ1) is 17.2. The summed E-state index contributed by atoms with van der Waals surface area (Å²) in [6.45, 7) is 2.37. The second kappa shape index (κ2) is 7.78. The van der Waals surface area contributed by atoms with E-state index in [1.807, 2.05) is 51.5 Å². The summed E-state index contributed by atoms with van der Waals surface area (Å²) in [6, 6.07) is 8.94. The number of quaternary nitrogens is 1. The van der Waals surface area contributed by atoms with Crippen molar-refractivity contribution in [3.63, 3.8) is 0 Å². The molecule has 1 N–H and O–H groups in total. The summed E-state index contributed by atoms with van der Waals surface area (Å²) in [5, 5.41) is 2.78. The molecule has 0 radical (unpaired) electrons. The van der Waals surface area contributed by atoms with Crippen molar-refractivity contribution < 1.29 is 18.8 Å².